The predicted molar refractivity (Wildman–Crippen MR) is 114 cm³/mol. The number of likely N-dealkylation sites (tertiary alicyclic amines) is 1. The fourth-order valence-corrected chi connectivity index (χ4v) is 3.46. The number of carbonyl (C=O) groups is 5. The molecule has 1 heterocycles. The number of rotatable bonds is 12. The van der Waals surface area contributed by atoms with Gasteiger partial charge in [-0.25, -0.2) is 4.79 Å². The Morgan fingerprint density at radius 1 is 1.12 bits per heavy atom. The molecule has 0 bridgehead atoms. The molecule has 0 aromatic rings. The molecule has 0 saturated carbocycles. The van der Waals surface area contributed by atoms with E-state index in [1.807, 2.05) is 6.92 Å². The number of aliphatic hydroxyl groups is 1. The third-order valence-electron chi connectivity index (χ3n) is 5.74. The Morgan fingerprint density at radius 3 is 2.25 bits per heavy atom. The van der Waals surface area contributed by atoms with Crippen LogP contribution in [-0.4, -0.2) is 81.5 Å². The van der Waals surface area contributed by atoms with Gasteiger partial charge in [0.2, 0.25) is 23.6 Å². The van der Waals surface area contributed by atoms with Crippen molar-refractivity contribution in [3.8, 4) is 0 Å². The number of hydrogen-bond donors (Lipinski definition) is 6. The lowest BCUT2D eigenvalue weighted by Gasteiger charge is -2.29. The van der Waals surface area contributed by atoms with Gasteiger partial charge in [-0.1, -0.05) is 20.3 Å². The van der Waals surface area contributed by atoms with Crippen LogP contribution < -0.4 is 22.1 Å². The monoisotopic (exact) mass is 457 g/mol. The van der Waals surface area contributed by atoms with Gasteiger partial charge in [0.1, 0.15) is 18.1 Å². The average Bonchev–Trinajstić information content (AvgIpc) is 3.22. The van der Waals surface area contributed by atoms with Crippen LogP contribution in [0.5, 0.6) is 0 Å². The number of hydrogen-bond acceptors (Lipinski definition) is 7. The molecule has 12 heteroatoms. The van der Waals surface area contributed by atoms with Gasteiger partial charge in [0, 0.05) is 13.0 Å². The summed E-state index contributed by atoms with van der Waals surface area (Å²) in [5, 5.41) is 24.2. The molecule has 6 unspecified atom stereocenters. The summed E-state index contributed by atoms with van der Waals surface area (Å²) in [5.41, 5.74) is 11.1. The second-order valence-corrected chi connectivity index (χ2v) is 8.23. The molecular weight excluding hydrogens is 422 g/mol. The minimum absolute atomic E-state index is 0.157. The smallest absolute Gasteiger partial charge is 0.326 e. The van der Waals surface area contributed by atoms with Crippen molar-refractivity contribution in [3.63, 3.8) is 0 Å². The number of aliphatic carboxylic acids is 1. The van der Waals surface area contributed by atoms with E-state index in [-0.39, 0.29) is 31.7 Å². The standard InChI is InChI=1S/C20H35N5O7/c1-4-10(2)15(22)17(28)24-16(11(3)26)18(29)23-12(7-8-14(21)27)19(30)25-9-5-6-13(25)20(31)32/h10-13,15-16,26H,4-9,22H2,1-3H3,(H2,21,27)(H,23,29)(H,24,28)(H,31,32). The average molecular weight is 458 g/mol. The van der Waals surface area contributed by atoms with Gasteiger partial charge in [-0.15, -0.1) is 0 Å². The zero-order valence-corrected chi connectivity index (χ0v) is 18.7. The molecule has 0 spiro atoms. The summed E-state index contributed by atoms with van der Waals surface area (Å²) in [5.74, 6) is -4.20. The summed E-state index contributed by atoms with van der Waals surface area (Å²) >= 11 is 0. The maximum atomic E-state index is 13.0. The largest absolute Gasteiger partial charge is 0.480 e. The Kier molecular flexibility index (Phi) is 10.5. The van der Waals surface area contributed by atoms with Crippen molar-refractivity contribution in [1.29, 1.82) is 0 Å². The minimum atomic E-state index is -1.41. The molecule has 0 aliphatic carbocycles. The Bertz CT molecular complexity index is 714. The van der Waals surface area contributed by atoms with E-state index in [2.05, 4.69) is 10.6 Å². The Balaban J connectivity index is 3.01. The van der Waals surface area contributed by atoms with Gasteiger partial charge in [0.05, 0.1) is 12.1 Å². The third-order valence-corrected chi connectivity index (χ3v) is 5.74. The van der Waals surface area contributed by atoms with Crippen LogP contribution in [0.15, 0.2) is 0 Å². The van der Waals surface area contributed by atoms with Gasteiger partial charge in [-0.2, -0.15) is 0 Å². The van der Waals surface area contributed by atoms with E-state index < -0.39 is 59.9 Å². The van der Waals surface area contributed by atoms with Crippen LogP contribution in [0.2, 0.25) is 0 Å². The highest BCUT2D eigenvalue weighted by molar-refractivity contribution is 5.94. The van der Waals surface area contributed by atoms with Crippen molar-refractivity contribution in [2.75, 3.05) is 6.54 Å². The second-order valence-electron chi connectivity index (χ2n) is 8.23. The van der Waals surface area contributed by atoms with Gasteiger partial charge in [0.25, 0.3) is 0 Å². The highest BCUT2D eigenvalue weighted by Crippen LogP contribution is 2.19. The van der Waals surface area contributed by atoms with Crippen molar-refractivity contribution < 1.29 is 34.2 Å². The van der Waals surface area contributed by atoms with Crippen LogP contribution in [0.3, 0.4) is 0 Å². The lowest BCUT2D eigenvalue weighted by molar-refractivity contribution is -0.149. The molecule has 0 aromatic heterocycles. The van der Waals surface area contributed by atoms with E-state index in [9.17, 15) is 34.2 Å². The van der Waals surface area contributed by atoms with Crippen molar-refractivity contribution in [1.82, 2.24) is 15.5 Å². The fourth-order valence-electron chi connectivity index (χ4n) is 3.46. The molecule has 4 amide bonds. The highest BCUT2D eigenvalue weighted by Gasteiger charge is 2.39. The number of primary amides is 1. The number of amides is 4. The first-order valence-corrected chi connectivity index (χ1v) is 10.8. The SMILES string of the molecule is CCC(C)C(N)C(=O)NC(C(=O)NC(CCC(N)=O)C(=O)N1CCCC1C(=O)O)C(C)O. The van der Waals surface area contributed by atoms with Crippen LogP contribution in [-0.2, 0) is 24.0 Å². The number of carboxylic acid groups (broad SMARTS) is 1. The number of carbonyl (C=O) groups excluding carboxylic acids is 4. The third kappa shape index (κ3) is 7.45. The number of aliphatic hydroxyl groups excluding tert-OH is 1. The normalized spacial score (nSPS) is 20.5. The highest BCUT2D eigenvalue weighted by atomic mass is 16.4. The first kappa shape index (κ1) is 27.3. The predicted octanol–water partition coefficient (Wildman–Crippen LogP) is -1.95. The molecule has 6 atom stereocenters. The molecule has 8 N–H and O–H groups in total. The van der Waals surface area contributed by atoms with E-state index in [0.29, 0.717) is 12.8 Å². The molecule has 0 aromatic carbocycles. The maximum absolute atomic E-state index is 13.0. The summed E-state index contributed by atoms with van der Waals surface area (Å²) < 4.78 is 0. The zero-order chi connectivity index (χ0) is 24.6. The Morgan fingerprint density at radius 2 is 1.75 bits per heavy atom. The molecule has 32 heavy (non-hydrogen) atoms. The van der Waals surface area contributed by atoms with Crippen LogP contribution in [0.4, 0.5) is 0 Å². The summed E-state index contributed by atoms with van der Waals surface area (Å²) in [6, 6.07) is -4.59. The van der Waals surface area contributed by atoms with E-state index >= 15 is 0 Å². The van der Waals surface area contributed by atoms with Crippen LogP contribution in [0.25, 0.3) is 0 Å². The summed E-state index contributed by atoms with van der Waals surface area (Å²) in [6.45, 7) is 5.11. The lowest BCUT2D eigenvalue weighted by atomic mass is 9.98. The number of nitrogens with zero attached hydrogens (tertiary/aromatic N) is 1. The molecule has 1 fully saturated rings. The van der Waals surface area contributed by atoms with Gasteiger partial charge in [0.15, 0.2) is 0 Å². The quantitative estimate of drug-likeness (QED) is 0.194. The maximum Gasteiger partial charge on any atom is 0.326 e. The van der Waals surface area contributed by atoms with Gasteiger partial charge in [-0.05, 0) is 32.1 Å². The van der Waals surface area contributed by atoms with Crippen molar-refractivity contribution in [3.05, 3.63) is 0 Å². The van der Waals surface area contributed by atoms with E-state index in [0.717, 1.165) is 4.90 Å². The Hall–Kier alpha value is -2.73. The van der Waals surface area contributed by atoms with Crippen molar-refractivity contribution in [2.24, 2.45) is 17.4 Å². The number of nitrogens with one attached hydrogen (secondary N) is 2. The molecule has 1 aliphatic rings. The van der Waals surface area contributed by atoms with Crippen LogP contribution in [0, 0.1) is 5.92 Å². The van der Waals surface area contributed by atoms with E-state index in [4.69, 9.17) is 11.5 Å². The van der Waals surface area contributed by atoms with Gasteiger partial charge in [-0.3, -0.25) is 19.2 Å². The molecule has 182 valence electrons. The van der Waals surface area contributed by atoms with Crippen LogP contribution >= 0.6 is 0 Å². The number of carboxylic acids is 1. The molecule has 1 rings (SSSR count). The summed E-state index contributed by atoms with van der Waals surface area (Å²) in [7, 11) is 0. The summed E-state index contributed by atoms with van der Waals surface area (Å²) in [6.07, 6.45) is -0.308. The van der Waals surface area contributed by atoms with Gasteiger partial charge < -0.3 is 37.2 Å². The topological polar surface area (TPSA) is 205 Å². The molecular formula is C20H35N5O7. The van der Waals surface area contributed by atoms with Crippen LogP contribution in [0.1, 0.15) is 52.9 Å². The lowest BCUT2D eigenvalue weighted by Crippen LogP contribution is -2.60. The molecule has 1 aliphatic heterocycles. The zero-order valence-electron chi connectivity index (χ0n) is 18.7. The first-order chi connectivity index (χ1) is 14.9. The Labute approximate surface area is 187 Å². The molecule has 0 radical (unpaired) electrons. The molecule has 12 nitrogen and oxygen atoms in total. The van der Waals surface area contributed by atoms with Crippen molar-refractivity contribution in [2.45, 2.75) is 83.1 Å². The van der Waals surface area contributed by atoms with E-state index in [1.54, 1.807) is 6.92 Å². The minimum Gasteiger partial charge on any atom is -0.480 e. The fraction of sp³-hybridized carbons (Fsp3) is 0.750. The van der Waals surface area contributed by atoms with E-state index in [1.165, 1.54) is 6.92 Å². The molecule has 1 saturated heterocycles. The first-order valence-electron chi connectivity index (χ1n) is 10.8. The van der Waals surface area contributed by atoms with Crippen molar-refractivity contribution >= 4 is 29.6 Å². The van der Waals surface area contributed by atoms with Gasteiger partial charge >= 0.3 is 5.97 Å². The summed E-state index contributed by atoms with van der Waals surface area (Å²) in [4.78, 5) is 62.0. The second kappa shape index (κ2) is 12.3. The number of nitrogens with two attached hydrogens (primary N) is 2.